The van der Waals surface area contributed by atoms with Crippen molar-refractivity contribution in [3.8, 4) is 0 Å². The maximum atomic E-state index is 4.41. The zero-order valence-corrected chi connectivity index (χ0v) is 12.6. The minimum Gasteiger partial charge on any atom is -0.334 e. The van der Waals surface area contributed by atoms with Crippen molar-refractivity contribution in [3.05, 3.63) is 48.3 Å². The van der Waals surface area contributed by atoms with Gasteiger partial charge in [-0.05, 0) is 19.1 Å². The topological polar surface area (TPSA) is 37.2 Å². The van der Waals surface area contributed by atoms with Crippen LogP contribution in [0, 0.1) is 6.92 Å². The van der Waals surface area contributed by atoms with Crippen molar-refractivity contribution >= 4 is 0 Å². The maximum Gasteiger partial charge on any atom is 0.105 e. The molecular formula is C16H23N5. The predicted octanol–water partition coefficient (Wildman–Crippen LogP) is 1.40. The van der Waals surface area contributed by atoms with Gasteiger partial charge in [-0.15, -0.1) is 0 Å². The number of nitrogens with zero attached hydrogens (tertiary/aromatic N) is 5. The molecule has 0 saturated carbocycles. The molecule has 0 aliphatic carbocycles. The fourth-order valence-corrected chi connectivity index (χ4v) is 2.78. The normalized spacial score (nSPS) is 17.2. The van der Waals surface area contributed by atoms with E-state index in [1.54, 1.807) is 0 Å². The Morgan fingerprint density at radius 3 is 2.43 bits per heavy atom. The van der Waals surface area contributed by atoms with Crippen molar-refractivity contribution in [2.45, 2.75) is 20.0 Å². The third-order valence-corrected chi connectivity index (χ3v) is 4.16. The van der Waals surface area contributed by atoms with Crippen LogP contribution >= 0.6 is 0 Å². The molecule has 0 spiro atoms. The van der Waals surface area contributed by atoms with E-state index in [0.29, 0.717) is 0 Å². The Hall–Kier alpha value is -1.72. The number of piperazine rings is 1. The van der Waals surface area contributed by atoms with Crippen LogP contribution in [-0.4, -0.2) is 57.1 Å². The van der Waals surface area contributed by atoms with Crippen LogP contribution in [0.4, 0.5) is 0 Å². The van der Waals surface area contributed by atoms with Gasteiger partial charge < -0.3 is 4.57 Å². The van der Waals surface area contributed by atoms with Crippen LogP contribution in [0.3, 0.4) is 0 Å². The molecule has 112 valence electrons. The van der Waals surface area contributed by atoms with Crippen LogP contribution in [-0.2, 0) is 13.1 Å². The fourth-order valence-electron chi connectivity index (χ4n) is 2.78. The molecule has 2 aromatic rings. The molecule has 5 heteroatoms. The van der Waals surface area contributed by atoms with Crippen molar-refractivity contribution in [2.24, 2.45) is 0 Å². The number of imidazole rings is 1. The summed E-state index contributed by atoms with van der Waals surface area (Å²) >= 11 is 0. The Morgan fingerprint density at radius 1 is 0.952 bits per heavy atom. The second kappa shape index (κ2) is 6.83. The van der Waals surface area contributed by atoms with Gasteiger partial charge in [-0.25, -0.2) is 4.98 Å². The Kier molecular flexibility index (Phi) is 4.62. The highest BCUT2D eigenvalue weighted by atomic mass is 15.3. The first-order valence-corrected chi connectivity index (χ1v) is 7.63. The molecule has 5 nitrogen and oxygen atoms in total. The van der Waals surface area contributed by atoms with Gasteiger partial charge in [0.15, 0.2) is 0 Å². The lowest BCUT2D eigenvalue weighted by atomic mass is 10.2. The zero-order valence-electron chi connectivity index (χ0n) is 12.6. The van der Waals surface area contributed by atoms with Gasteiger partial charge in [-0.1, -0.05) is 6.07 Å². The SMILES string of the molecule is Cc1nccn1CCN1CCN(Cc2ccccn2)CC1. The van der Waals surface area contributed by atoms with E-state index < -0.39 is 0 Å². The summed E-state index contributed by atoms with van der Waals surface area (Å²) in [5, 5.41) is 0. The van der Waals surface area contributed by atoms with Gasteiger partial charge in [-0.3, -0.25) is 14.8 Å². The van der Waals surface area contributed by atoms with Crippen LogP contribution < -0.4 is 0 Å². The molecular weight excluding hydrogens is 262 g/mol. The Labute approximate surface area is 126 Å². The molecule has 0 N–H and O–H groups in total. The lowest BCUT2D eigenvalue weighted by molar-refractivity contribution is 0.123. The summed E-state index contributed by atoms with van der Waals surface area (Å²) in [7, 11) is 0. The predicted molar refractivity (Wildman–Crippen MR) is 82.9 cm³/mol. The van der Waals surface area contributed by atoms with E-state index >= 15 is 0 Å². The van der Waals surface area contributed by atoms with Gasteiger partial charge >= 0.3 is 0 Å². The van der Waals surface area contributed by atoms with Crippen LogP contribution in [0.25, 0.3) is 0 Å². The van der Waals surface area contributed by atoms with E-state index in [2.05, 4.69) is 49.6 Å². The summed E-state index contributed by atoms with van der Waals surface area (Å²) in [6.45, 7) is 9.70. The quantitative estimate of drug-likeness (QED) is 0.832. The maximum absolute atomic E-state index is 4.41. The van der Waals surface area contributed by atoms with Gasteiger partial charge in [0.25, 0.3) is 0 Å². The molecule has 0 unspecified atom stereocenters. The average molecular weight is 285 g/mol. The smallest absolute Gasteiger partial charge is 0.105 e. The van der Waals surface area contributed by atoms with Crippen molar-refractivity contribution in [3.63, 3.8) is 0 Å². The van der Waals surface area contributed by atoms with E-state index in [1.165, 1.54) is 5.69 Å². The van der Waals surface area contributed by atoms with E-state index in [0.717, 1.165) is 51.6 Å². The van der Waals surface area contributed by atoms with Crippen molar-refractivity contribution < 1.29 is 0 Å². The minimum absolute atomic E-state index is 0.968. The molecule has 0 atom stereocenters. The van der Waals surface area contributed by atoms with E-state index in [-0.39, 0.29) is 0 Å². The van der Waals surface area contributed by atoms with Gasteiger partial charge in [0.1, 0.15) is 5.82 Å². The third kappa shape index (κ3) is 3.89. The van der Waals surface area contributed by atoms with Crippen molar-refractivity contribution in [1.29, 1.82) is 0 Å². The Balaban J connectivity index is 1.42. The zero-order chi connectivity index (χ0) is 14.5. The van der Waals surface area contributed by atoms with Crippen LogP contribution in [0.5, 0.6) is 0 Å². The first-order valence-electron chi connectivity index (χ1n) is 7.63. The molecule has 1 saturated heterocycles. The second-order valence-electron chi connectivity index (χ2n) is 5.61. The number of rotatable bonds is 5. The molecule has 0 radical (unpaired) electrons. The third-order valence-electron chi connectivity index (χ3n) is 4.16. The van der Waals surface area contributed by atoms with Crippen molar-refractivity contribution in [1.82, 2.24) is 24.3 Å². The molecule has 1 aliphatic heterocycles. The molecule has 0 aromatic carbocycles. The number of hydrogen-bond donors (Lipinski definition) is 0. The van der Waals surface area contributed by atoms with Gasteiger partial charge in [-0.2, -0.15) is 0 Å². The molecule has 1 aliphatic rings. The average Bonchev–Trinajstić information content (AvgIpc) is 2.93. The highest BCUT2D eigenvalue weighted by Gasteiger charge is 2.17. The summed E-state index contributed by atoms with van der Waals surface area (Å²) in [4.78, 5) is 13.7. The molecule has 21 heavy (non-hydrogen) atoms. The molecule has 1 fully saturated rings. The first kappa shape index (κ1) is 14.2. The monoisotopic (exact) mass is 285 g/mol. The van der Waals surface area contributed by atoms with E-state index in [4.69, 9.17) is 0 Å². The number of hydrogen-bond acceptors (Lipinski definition) is 4. The number of aryl methyl sites for hydroxylation is 1. The lowest BCUT2D eigenvalue weighted by Crippen LogP contribution is -2.46. The van der Waals surface area contributed by atoms with Crippen LogP contribution in [0.2, 0.25) is 0 Å². The van der Waals surface area contributed by atoms with Crippen LogP contribution in [0.1, 0.15) is 11.5 Å². The second-order valence-corrected chi connectivity index (χ2v) is 5.61. The van der Waals surface area contributed by atoms with E-state index in [9.17, 15) is 0 Å². The first-order chi connectivity index (χ1) is 10.3. The summed E-state index contributed by atoms with van der Waals surface area (Å²) in [6, 6.07) is 6.14. The van der Waals surface area contributed by atoms with Gasteiger partial charge in [0.2, 0.25) is 0 Å². The van der Waals surface area contributed by atoms with Gasteiger partial charge in [0.05, 0.1) is 5.69 Å². The largest absolute Gasteiger partial charge is 0.334 e. The molecule has 3 heterocycles. The van der Waals surface area contributed by atoms with Crippen molar-refractivity contribution in [2.75, 3.05) is 32.7 Å². The lowest BCUT2D eigenvalue weighted by Gasteiger charge is -2.34. The number of pyridine rings is 1. The summed E-state index contributed by atoms with van der Waals surface area (Å²) in [5.74, 6) is 1.10. The minimum atomic E-state index is 0.968. The van der Waals surface area contributed by atoms with Gasteiger partial charge in [0, 0.05) is 64.4 Å². The number of aromatic nitrogens is 3. The summed E-state index contributed by atoms with van der Waals surface area (Å²) < 4.78 is 2.22. The van der Waals surface area contributed by atoms with E-state index in [1.807, 2.05) is 18.5 Å². The standard InChI is InChI=1S/C16H23N5/c1-15-17-6-7-21(15)13-12-19-8-10-20(11-9-19)14-16-4-2-3-5-18-16/h2-7H,8-14H2,1H3. The Bertz CT molecular complexity index is 543. The molecule has 0 amide bonds. The highest BCUT2D eigenvalue weighted by Crippen LogP contribution is 2.07. The molecule has 3 rings (SSSR count). The summed E-state index contributed by atoms with van der Waals surface area (Å²) in [6.07, 6.45) is 5.81. The Morgan fingerprint density at radius 2 is 1.76 bits per heavy atom. The summed E-state index contributed by atoms with van der Waals surface area (Å²) in [5.41, 5.74) is 1.17. The highest BCUT2D eigenvalue weighted by molar-refractivity contribution is 5.03. The molecule has 2 aromatic heterocycles. The van der Waals surface area contributed by atoms with Crippen LogP contribution in [0.15, 0.2) is 36.8 Å². The fraction of sp³-hybridized carbons (Fsp3) is 0.500. The molecule has 0 bridgehead atoms.